The number of hydrogen-bond acceptors (Lipinski definition) is 5. The van der Waals surface area contributed by atoms with Gasteiger partial charge in [-0.3, -0.25) is 10.00 Å². The van der Waals surface area contributed by atoms with Gasteiger partial charge in [0.25, 0.3) is 0 Å². The van der Waals surface area contributed by atoms with Crippen molar-refractivity contribution in [1.29, 1.82) is 0 Å². The second kappa shape index (κ2) is 9.96. The van der Waals surface area contributed by atoms with Crippen LogP contribution in [-0.4, -0.2) is 47.6 Å². The van der Waals surface area contributed by atoms with Gasteiger partial charge < -0.3 is 4.74 Å². The Morgan fingerprint density at radius 2 is 1.75 bits per heavy atom. The average Bonchev–Trinajstić information content (AvgIpc) is 3.20. The van der Waals surface area contributed by atoms with Gasteiger partial charge in [-0.1, -0.05) is 38.3 Å². The van der Waals surface area contributed by atoms with Crippen molar-refractivity contribution in [2.24, 2.45) is 0 Å². The lowest BCUT2D eigenvalue weighted by Gasteiger charge is -2.38. The summed E-state index contributed by atoms with van der Waals surface area (Å²) in [5.74, 6) is 1.00. The van der Waals surface area contributed by atoms with Gasteiger partial charge in [0.15, 0.2) is 9.84 Å². The predicted molar refractivity (Wildman–Crippen MR) is 127 cm³/mol. The standard InChI is InChI=1S/C25H37N3O3S/c1-4-5-6-7-8-20-9-13-23(14-10-20)31-24-15-21-11-12-22(16-24)28(21)17-32(29,30)25-18(2)26-27-19(25)3/h9-10,13-14,21-22,24H,4-8,11-12,15-17H2,1-3H3,(H,26,27)/t21-,22+,24?. The molecule has 2 saturated heterocycles. The molecule has 4 rings (SSSR count). The second-order valence-electron chi connectivity index (χ2n) is 9.57. The lowest BCUT2D eigenvalue weighted by Crippen LogP contribution is -2.48. The van der Waals surface area contributed by atoms with Crippen LogP contribution in [0.3, 0.4) is 0 Å². The number of fused-ring (bicyclic) bond motifs is 2. The van der Waals surface area contributed by atoms with Crippen molar-refractivity contribution < 1.29 is 13.2 Å². The molecule has 0 spiro atoms. The Kier molecular flexibility index (Phi) is 7.25. The lowest BCUT2D eigenvalue weighted by atomic mass is 10.0. The number of hydrogen-bond donors (Lipinski definition) is 1. The highest BCUT2D eigenvalue weighted by Gasteiger charge is 2.43. The molecule has 1 aromatic carbocycles. The zero-order chi connectivity index (χ0) is 22.7. The molecule has 1 N–H and O–H groups in total. The number of aromatic nitrogens is 2. The molecule has 3 heterocycles. The van der Waals surface area contributed by atoms with Gasteiger partial charge in [-0.15, -0.1) is 0 Å². The van der Waals surface area contributed by atoms with Crippen LogP contribution in [0.1, 0.15) is 75.2 Å². The van der Waals surface area contributed by atoms with Crippen LogP contribution in [0.2, 0.25) is 0 Å². The molecule has 3 atom stereocenters. The number of H-pyrrole nitrogens is 1. The highest BCUT2D eigenvalue weighted by molar-refractivity contribution is 7.91. The molecule has 0 saturated carbocycles. The summed E-state index contributed by atoms with van der Waals surface area (Å²) in [6.45, 7) is 5.77. The summed E-state index contributed by atoms with van der Waals surface area (Å²) < 4.78 is 32.5. The summed E-state index contributed by atoms with van der Waals surface area (Å²) in [6.07, 6.45) is 10.3. The number of aromatic amines is 1. The number of unbranched alkanes of at least 4 members (excludes halogenated alkanes) is 3. The van der Waals surface area contributed by atoms with Crippen molar-refractivity contribution in [2.45, 2.75) is 102 Å². The quantitative estimate of drug-likeness (QED) is 0.509. The van der Waals surface area contributed by atoms with Crippen molar-refractivity contribution in [2.75, 3.05) is 5.88 Å². The maximum atomic E-state index is 13.1. The molecule has 0 amide bonds. The number of nitrogens with zero attached hydrogens (tertiary/aromatic N) is 2. The summed E-state index contributed by atoms with van der Waals surface area (Å²) >= 11 is 0. The first kappa shape index (κ1) is 23.3. The topological polar surface area (TPSA) is 75.3 Å². The Bertz CT molecular complexity index is 966. The normalized spacial score (nSPS) is 23.5. The molecule has 2 fully saturated rings. The number of piperidine rings is 1. The Hall–Kier alpha value is -1.86. The molecule has 2 aromatic rings. The molecule has 1 aromatic heterocycles. The molecule has 32 heavy (non-hydrogen) atoms. The van der Waals surface area contributed by atoms with Crippen molar-refractivity contribution in [3.63, 3.8) is 0 Å². The first-order chi connectivity index (χ1) is 15.4. The third-order valence-corrected chi connectivity index (χ3v) is 8.94. The summed E-state index contributed by atoms with van der Waals surface area (Å²) in [5.41, 5.74) is 2.56. The minimum atomic E-state index is -3.41. The van der Waals surface area contributed by atoms with Crippen LogP contribution < -0.4 is 4.74 Å². The van der Waals surface area contributed by atoms with Crippen molar-refractivity contribution in [1.82, 2.24) is 15.1 Å². The van der Waals surface area contributed by atoms with E-state index in [2.05, 4.69) is 46.3 Å². The fraction of sp³-hybridized carbons (Fsp3) is 0.640. The minimum absolute atomic E-state index is 0.0724. The smallest absolute Gasteiger partial charge is 0.195 e. The van der Waals surface area contributed by atoms with Crippen LogP contribution in [0, 0.1) is 13.8 Å². The van der Waals surface area contributed by atoms with Gasteiger partial charge in [0.2, 0.25) is 0 Å². The Morgan fingerprint density at radius 1 is 1.06 bits per heavy atom. The van der Waals surface area contributed by atoms with Gasteiger partial charge in [-0.05, 0) is 70.1 Å². The van der Waals surface area contributed by atoms with E-state index in [1.165, 1.54) is 31.2 Å². The largest absolute Gasteiger partial charge is 0.490 e. The van der Waals surface area contributed by atoms with E-state index in [0.29, 0.717) is 16.3 Å². The Balaban J connectivity index is 1.33. The van der Waals surface area contributed by atoms with Crippen molar-refractivity contribution in [3.05, 3.63) is 41.2 Å². The van der Waals surface area contributed by atoms with Gasteiger partial charge >= 0.3 is 0 Å². The molecule has 6 nitrogen and oxygen atoms in total. The van der Waals surface area contributed by atoms with E-state index in [1.807, 2.05) is 0 Å². The van der Waals surface area contributed by atoms with Crippen LogP contribution in [0.25, 0.3) is 0 Å². The van der Waals surface area contributed by atoms with Gasteiger partial charge in [0.1, 0.15) is 22.6 Å². The van der Waals surface area contributed by atoms with Crippen LogP contribution in [0.5, 0.6) is 5.75 Å². The predicted octanol–water partition coefficient (Wildman–Crippen LogP) is 4.95. The maximum Gasteiger partial charge on any atom is 0.195 e. The van der Waals surface area contributed by atoms with Gasteiger partial charge in [0, 0.05) is 12.1 Å². The molecule has 2 bridgehead atoms. The third kappa shape index (κ3) is 5.20. The number of rotatable bonds is 10. The second-order valence-corrected chi connectivity index (χ2v) is 11.5. The van der Waals surface area contributed by atoms with E-state index in [0.717, 1.165) is 37.9 Å². The zero-order valence-electron chi connectivity index (χ0n) is 19.6. The fourth-order valence-corrected chi connectivity index (χ4v) is 7.43. The van der Waals surface area contributed by atoms with E-state index < -0.39 is 9.84 Å². The number of nitrogens with one attached hydrogen (secondary N) is 1. The molecular weight excluding hydrogens is 422 g/mol. The summed E-state index contributed by atoms with van der Waals surface area (Å²) in [7, 11) is -3.41. The summed E-state index contributed by atoms with van der Waals surface area (Å²) in [6, 6.07) is 9.09. The molecule has 7 heteroatoms. The Morgan fingerprint density at radius 3 is 2.34 bits per heavy atom. The number of ether oxygens (including phenoxy) is 1. The summed E-state index contributed by atoms with van der Waals surface area (Å²) in [5, 5.41) is 6.88. The van der Waals surface area contributed by atoms with E-state index >= 15 is 0 Å². The number of sulfone groups is 1. The molecular formula is C25H37N3O3S. The first-order valence-electron chi connectivity index (χ1n) is 12.1. The summed E-state index contributed by atoms with van der Waals surface area (Å²) in [4.78, 5) is 2.56. The zero-order valence-corrected chi connectivity index (χ0v) is 20.5. The van der Waals surface area contributed by atoms with Gasteiger partial charge in [-0.2, -0.15) is 5.10 Å². The fourth-order valence-electron chi connectivity index (χ4n) is 5.47. The van der Waals surface area contributed by atoms with Crippen molar-refractivity contribution in [3.8, 4) is 5.75 Å². The molecule has 176 valence electrons. The molecule has 2 aliphatic rings. The van der Waals surface area contributed by atoms with Gasteiger partial charge in [0.05, 0.1) is 11.4 Å². The number of benzene rings is 1. The number of aryl methyl sites for hydroxylation is 3. The lowest BCUT2D eigenvalue weighted by molar-refractivity contribution is 0.0609. The molecule has 2 aliphatic heterocycles. The molecule has 1 unspecified atom stereocenters. The van der Waals surface area contributed by atoms with Gasteiger partial charge in [-0.25, -0.2) is 8.42 Å². The highest BCUT2D eigenvalue weighted by Crippen LogP contribution is 2.38. The van der Waals surface area contributed by atoms with Crippen LogP contribution in [0.4, 0.5) is 0 Å². The van der Waals surface area contributed by atoms with Crippen LogP contribution in [-0.2, 0) is 16.3 Å². The van der Waals surface area contributed by atoms with E-state index in [4.69, 9.17) is 4.74 Å². The minimum Gasteiger partial charge on any atom is -0.490 e. The van der Waals surface area contributed by atoms with Crippen LogP contribution >= 0.6 is 0 Å². The highest BCUT2D eigenvalue weighted by atomic mass is 32.2. The van der Waals surface area contributed by atoms with E-state index in [1.54, 1.807) is 13.8 Å². The van der Waals surface area contributed by atoms with E-state index in [-0.39, 0.29) is 24.1 Å². The maximum absolute atomic E-state index is 13.1. The molecule has 0 aliphatic carbocycles. The van der Waals surface area contributed by atoms with E-state index in [9.17, 15) is 8.42 Å². The molecule has 0 radical (unpaired) electrons. The van der Waals surface area contributed by atoms with Crippen LogP contribution in [0.15, 0.2) is 29.2 Å². The third-order valence-electron chi connectivity index (χ3n) is 7.08. The monoisotopic (exact) mass is 459 g/mol. The average molecular weight is 460 g/mol. The SMILES string of the molecule is CCCCCCc1ccc(OC2C[C@H]3CC[C@@H](C2)N3CS(=O)(=O)c2c(C)n[nH]c2C)cc1. The van der Waals surface area contributed by atoms with Crippen molar-refractivity contribution >= 4 is 9.84 Å². The first-order valence-corrected chi connectivity index (χ1v) is 13.8. The Labute approximate surface area is 192 Å².